The van der Waals surface area contributed by atoms with Crippen LogP contribution in [0.2, 0.25) is 0 Å². The van der Waals surface area contributed by atoms with Gasteiger partial charge in [-0.15, -0.1) is 0 Å². The predicted molar refractivity (Wildman–Crippen MR) is 113 cm³/mol. The molecule has 32 heavy (non-hydrogen) atoms. The number of rotatable bonds is 7. The van der Waals surface area contributed by atoms with Gasteiger partial charge in [0.15, 0.2) is 11.5 Å². The fourth-order valence-corrected chi connectivity index (χ4v) is 2.56. The van der Waals surface area contributed by atoms with E-state index in [0.717, 1.165) is 19.1 Å². The summed E-state index contributed by atoms with van der Waals surface area (Å²) in [4.78, 5) is 19.7. The Labute approximate surface area is 182 Å². The van der Waals surface area contributed by atoms with E-state index in [-0.39, 0.29) is 41.3 Å². The first kappa shape index (κ1) is 22.9. The van der Waals surface area contributed by atoms with Crippen LogP contribution in [0.5, 0.6) is 0 Å². The second-order valence-corrected chi connectivity index (χ2v) is 7.70. The lowest BCUT2D eigenvalue weighted by atomic mass is 10.1. The number of pyridine rings is 1. The van der Waals surface area contributed by atoms with Crippen molar-refractivity contribution in [1.29, 1.82) is 0 Å². The molecular weight excluding hydrogens is 423 g/mol. The van der Waals surface area contributed by atoms with E-state index in [2.05, 4.69) is 35.4 Å². The van der Waals surface area contributed by atoms with Gasteiger partial charge >= 0.3 is 0 Å². The van der Waals surface area contributed by atoms with E-state index in [9.17, 15) is 18.3 Å². The molecule has 3 rings (SSSR count). The third-order valence-corrected chi connectivity index (χ3v) is 4.01. The molecule has 2 aromatic heterocycles. The fourth-order valence-electron chi connectivity index (χ4n) is 2.56. The molecule has 0 saturated carbocycles. The zero-order valence-electron chi connectivity index (χ0n) is 17.5. The monoisotopic (exact) mass is 443 g/mol. The van der Waals surface area contributed by atoms with Gasteiger partial charge in [0.05, 0.1) is 12.2 Å². The molecule has 0 spiro atoms. The van der Waals surface area contributed by atoms with Crippen LogP contribution in [-0.4, -0.2) is 37.2 Å². The lowest BCUT2D eigenvalue weighted by Crippen LogP contribution is -2.30. The van der Waals surface area contributed by atoms with Crippen molar-refractivity contribution in [3.63, 3.8) is 0 Å². The van der Waals surface area contributed by atoms with Crippen LogP contribution in [0.15, 0.2) is 36.4 Å². The molecule has 2 heterocycles. The number of halogens is 3. The molecule has 1 aromatic carbocycles. The number of nitrogens with one attached hydrogen (secondary N) is 2. The van der Waals surface area contributed by atoms with Crippen LogP contribution in [0.1, 0.15) is 26.5 Å². The van der Waals surface area contributed by atoms with E-state index >= 15 is 0 Å². The van der Waals surface area contributed by atoms with Crippen LogP contribution in [0.3, 0.4) is 0 Å². The van der Waals surface area contributed by atoms with Gasteiger partial charge in [0.25, 0.3) is 5.92 Å². The molecule has 8 nitrogen and oxygen atoms in total. The van der Waals surface area contributed by atoms with Crippen molar-refractivity contribution in [2.75, 3.05) is 17.2 Å². The minimum Gasteiger partial charge on any atom is -0.389 e. The number of anilines is 3. The number of aromatic nitrogens is 4. The number of benzene rings is 1. The highest BCUT2D eigenvalue weighted by Gasteiger charge is 2.26. The van der Waals surface area contributed by atoms with Crippen molar-refractivity contribution >= 4 is 23.3 Å². The van der Waals surface area contributed by atoms with Gasteiger partial charge < -0.3 is 15.7 Å². The van der Waals surface area contributed by atoms with Crippen LogP contribution in [0.25, 0.3) is 16.4 Å². The molecule has 0 saturated heterocycles. The van der Waals surface area contributed by atoms with Gasteiger partial charge in [0.2, 0.25) is 11.9 Å². The van der Waals surface area contributed by atoms with Gasteiger partial charge in [0.1, 0.15) is 17.2 Å². The number of aliphatic hydroxyl groups is 1. The first-order valence-corrected chi connectivity index (χ1v) is 9.46. The Balaban J connectivity index is 2.04. The van der Waals surface area contributed by atoms with Gasteiger partial charge in [0, 0.05) is 19.2 Å². The summed E-state index contributed by atoms with van der Waals surface area (Å²) in [6.07, 6.45) is 0. The first-order valence-electron chi connectivity index (χ1n) is 9.46. The zero-order valence-corrected chi connectivity index (χ0v) is 17.5. The van der Waals surface area contributed by atoms with Crippen molar-refractivity contribution in [1.82, 2.24) is 19.9 Å². The summed E-state index contributed by atoms with van der Waals surface area (Å²) < 4.78 is 41.3. The highest BCUT2D eigenvalue weighted by Crippen LogP contribution is 2.28. The summed E-state index contributed by atoms with van der Waals surface area (Å²) in [5.74, 6) is -3.81. The average Bonchev–Trinajstić information content (AvgIpc) is 2.70. The molecule has 0 bridgehead atoms. The van der Waals surface area contributed by atoms with Crippen molar-refractivity contribution in [3.8, 4) is 11.5 Å². The smallest absolute Gasteiger partial charge is 0.286 e. The topological polar surface area (TPSA) is 100 Å². The highest BCUT2D eigenvalue weighted by molar-refractivity contribution is 5.63. The standard InChI is InChI=1S/C21H20F3N7O/c1-20(2,32)11-26-18-29-17(15-6-5-7-16(28-15)21(3,23)24)30-19(31-18)27-14-9-12(22)8-13(10-14)25-4/h5-10,32H,11H2,1-3H3,(H2,26,27,29,30,31). The summed E-state index contributed by atoms with van der Waals surface area (Å²) in [7, 11) is 0. The quantitative estimate of drug-likeness (QED) is 0.457. The molecule has 0 radical (unpaired) electrons. The van der Waals surface area contributed by atoms with Crippen LogP contribution < -0.4 is 10.6 Å². The molecule has 0 amide bonds. The molecule has 11 heteroatoms. The Morgan fingerprint density at radius 1 is 1.03 bits per heavy atom. The molecule has 0 unspecified atom stereocenters. The molecule has 3 aromatic rings. The number of hydrogen-bond acceptors (Lipinski definition) is 7. The van der Waals surface area contributed by atoms with Gasteiger partial charge in [-0.3, -0.25) is 0 Å². The van der Waals surface area contributed by atoms with Gasteiger partial charge in [-0.1, -0.05) is 6.07 Å². The average molecular weight is 443 g/mol. The van der Waals surface area contributed by atoms with Crippen LogP contribution in [0, 0.1) is 12.4 Å². The van der Waals surface area contributed by atoms with Crippen molar-refractivity contribution in [2.45, 2.75) is 32.3 Å². The van der Waals surface area contributed by atoms with Crippen LogP contribution in [-0.2, 0) is 5.92 Å². The van der Waals surface area contributed by atoms with Crippen molar-refractivity contribution in [3.05, 3.63) is 59.3 Å². The van der Waals surface area contributed by atoms with Crippen molar-refractivity contribution in [2.24, 2.45) is 0 Å². The maximum atomic E-state index is 13.8. The lowest BCUT2D eigenvalue weighted by Gasteiger charge is -2.18. The Morgan fingerprint density at radius 2 is 1.75 bits per heavy atom. The summed E-state index contributed by atoms with van der Waals surface area (Å²) in [6.45, 7) is 11.0. The molecule has 0 fully saturated rings. The SMILES string of the molecule is [C-]#[N+]c1cc(F)cc(Nc2nc(NCC(C)(C)O)nc(-c3cccc(C(C)(F)F)n3)n2)c1. The van der Waals surface area contributed by atoms with Gasteiger partial charge in [-0.25, -0.2) is 14.2 Å². The van der Waals surface area contributed by atoms with Crippen molar-refractivity contribution < 1.29 is 18.3 Å². The molecule has 0 atom stereocenters. The summed E-state index contributed by atoms with van der Waals surface area (Å²) in [5.41, 5.74) is -1.19. The Bertz CT molecular complexity index is 1170. The van der Waals surface area contributed by atoms with Crippen LogP contribution >= 0.6 is 0 Å². The number of hydrogen-bond donors (Lipinski definition) is 3. The van der Waals surface area contributed by atoms with E-state index in [0.29, 0.717) is 0 Å². The Morgan fingerprint density at radius 3 is 2.41 bits per heavy atom. The highest BCUT2D eigenvalue weighted by atomic mass is 19.3. The normalized spacial score (nSPS) is 11.7. The third kappa shape index (κ3) is 6.12. The van der Waals surface area contributed by atoms with Gasteiger partial charge in [-0.2, -0.15) is 23.7 Å². The molecule has 166 valence electrons. The maximum absolute atomic E-state index is 13.8. The molecule has 0 aliphatic carbocycles. The Hall–Kier alpha value is -3.78. The predicted octanol–water partition coefficient (Wildman–Crippen LogP) is 4.66. The Kier molecular flexibility index (Phi) is 6.27. The second kappa shape index (κ2) is 8.76. The first-order chi connectivity index (χ1) is 14.9. The summed E-state index contributed by atoms with van der Waals surface area (Å²) >= 11 is 0. The van der Waals surface area contributed by atoms with Crippen LogP contribution in [0.4, 0.5) is 36.4 Å². The number of nitrogens with zero attached hydrogens (tertiary/aromatic N) is 5. The summed E-state index contributed by atoms with van der Waals surface area (Å²) in [5, 5.41) is 15.6. The zero-order chi connectivity index (χ0) is 23.5. The molecule has 3 N–H and O–H groups in total. The fraction of sp³-hybridized carbons (Fsp3) is 0.286. The van der Waals surface area contributed by atoms with E-state index in [1.807, 2.05) is 0 Å². The molecule has 0 aliphatic rings. The molecular formula is C21H20F3N7O. The summed E-state index contributed by atoms with van der Waals surface area (Å²) in [6, 6.07) is 7.69. The van der Waals surface area contributed by atoms with E-state index in [1.165, 1.54) is 24.3 Å². The second-order valence-electron chi connectivity index (χ2n) is 7.70. The minimum absolute atomic E-state index is 0.0198. The van der Waals surface area contributed by atoms with Gasteiger partial charge in [-0.05, 0) is 44.2 Å². The van der Waals surface area contributed by atoms with E-state index in [4.69, 9.17) is 6.57 Å². The lowest BCUT2D eigenvalue weighted by molar-refractivity contribution is 0.0129. The van der Waals surface area contributed by atoms with E-state index < -0.39 is 23.0 Å². The number of alkyl halides is 2. The van der Waals surface area contributed by atoms with E-state index in [1.54, 1.807) is 13.8 Å². The third-order valence-electron chi connectivity index (χ3n) is 4.01. The largest absolute Gasteiger partial charge is 0.389 e. The maximum Gasteiger partial charge on any atom is 0.286 e. The minimum atomic E-state index is -3.16. The molecule has 0 aliphatic heterocycles.